The molecule has 0 aliphatic carbocycles. The molecule has 27 heavy (non-hydrogen) atoms. The fourth-order valence-electron chi connectivity index (χ4n) is 5.37. The molecular formula is C22H31N3O2. The number of amides is 2. The SMILES string of the molecule is Cc1cc(C)c(N2CC(C(=O)N3CCC4(CCNC4)CC3)CC2=O)c(C)c1. The molecule has 5 nitrogen and oxygen atoms in total. The molecule has 3 fully saturated rings. The minimum atomic E-state index is -0.201. The summed E-state index contributed by atoms with van der Waals surface area (Å²) in [7, 11) is 0. The summed E-state index contributed by atoms with van der Waals surface area (Å²) in [5.74, 6) is 0.0549. The summed E-state index contributed by atoms with van der Waals surface area (Å²) in [5.41, 5.74) is 4.84. The summed E-state index contributed by atoms with van der Waals surface area (Å²) >= 11 is 0. The van der Waals surface area contributed by atoms with Gasteiger partial charge in [0.15, 0.2) is 0 Å². The van der Waals surface area contributed by atoms with Crippen LogP contribution in [0.4, 0.5) is 5.69 Å². The van der Waals surface area contributed by atoms with Crippen LogP contribution in [0.25, 0.3) is 0 Å². The molecule has 1 atom stereocenters. The van der Waals surface area contributed by atoms with E-state index in [0.717, 1.165) is 55.8 Å². The molecule has 2 amide bonds. The summed E-state index contributed by atoms with van der Waals surface area (Å²) in [6.07, 6.45) is 3.75. The Labute approximate surface area is 162 Å². The second kappa shape index (κ2) is 6.93. The molecule has 0 bridgehead atoms. The van der Waals surface area contributed by atoms with Crippen LogP contribution in [0.15, 0.2) is 12.1 Å². The number of carbonyl (C=O) groups excluding carboxylic acids is 2. The number of piperidine rings is 1. The Morgan fingerprint density at radius 1 is 1.11 bits per heavy atom. The first kappa shape index (κ1) is 18.5. The molecule has 0 aromatic heterocycles. The highest BCUT2D eigenvalue weighted by atomic mass is 16.2. The van der Waals surface area contributed by atoms with Crippen molar-refractivity contribution in [3.63, 3.8) is 0 Å². The molecule has 1 spiro atoms. The zero-order valence-corrected chi connectivity index (χ0v) is 16.8. The van der Waals surface area contributed by atoms with Gasteiger partial charge in [0, 0.05) is 38.3 Å². The number of benzene rings is 1. The van der Waals surface area contributed by atoms with Crippen molar-refractivity contribution in [1.29, 1.82) is 0 Å². The monoisotopic (exact) mass is 369 g/mol. The summed E-state index contributed by atoms with van der Waals surface area (Å²) in [5, 5.41) is 3.47. The molecule has 1 N–H and O–H groups in total. The standard InChI is InChI=1S/C22H31N3O2/c1-15-10-16(2)20(17(3)11-15)25-13-18(12-19(25)26)21(27)24-8-5-22(6-9-24)4-7-23-14-22/h10-11,18,23H,4-9,12-14H2,1-3H3. The van der Waals surface area contributed by atoms with E-state index in [2.05, 4.69) is 38.2 Å². The minimum absolute atomic E-state index is 0.0804. The minimum Gasteiger partial charge on any atom is -0.342 e. The average molecular weight is 370 g/mol. The van der Waals surface area contributed by atoms with E-state index in [1.165, 1.54) is 12.0 Å². The van der Waals surface area contributed by atoms with E-state index >= 15 is 0 Å². The van der Waals surface area contributed by atoms with E-state index in [0.29, 0.717) is 18.4 Å². The average Bonchev–Trinajstić information content (AvgIpc) is 3.22. The van der Waals surface area contributed by atoms with Crippen molar-refractivity contribution in [2.45, 2.75) is 46.5 Å². The van der Waals surface area contributed by atoms with Gasteiger partial charge in [-0.15, -0.1) is 0 Å². The largest absolute Gasteiger partial charge is 0.342 e. The lowest BCUT2D eigenvalue weighted by Crippen LogP contribution is -2.46. The molecule has 3 saturated heterocycles. The lowest BCUT2D eigenvalue weighted by molar-refractivity contribution is -0.137. The maximum atomic E-state index is 13.1. The van der Waals surface area contributed by atoms with Gasteiger partial charge in [-0.25, -0.2) is 0 Å². The Bertz CT molecular complexity index is 734. The second-order valence-electron chi connectivity index (χ2n) is 8.90. The highest BCUT2D eigenvalue weighted by molar-refractivity contribution is 6.01. The Morgan fingerprint density at radius 2 is 1.78 bits per heavy atom. The number of anilines is 1. The number of nitrogens with one attached hydrogen (secondary N) is 1. The van der Waals surface area contributed by atoms with Crippen molar-refractivity contribution in [2.24, 2.45) is 11.3 Å². The number of aryl methyl sites for hydroxylation is 3. The third kappa shape index (κ3) is 3.38. The van der Waals surface area contributed by atoms with E-state index in [-0.39, 0.29) is 17.7 Å². The molecule has 1 aromatic carbocycles. The van der Waals surface area contributed by atoms with Gasteiger partial charge in [0.2, 0.25) is 11.8 Å². The number of hydrogen-bond donors (Lipinski definition) is 1. The van der Waals surface area contributed by atoms with Crippen LogP contribution in [-0.4, -0.2) is 49.4 Å². The number of likely N-dealkylation sites (tertiary alicyclic amines) is 1. The Morgan fingerprint density at radius 3 is 2.37 bits per heavy atom. The van der Waals surface area contributed by atoms with Gasteiger partial charge >= 0.3 is 0 Å². The topological polar surface area (TPSA) is 52.7 Å². The van der Waals surface area contributed by atoms with E-state index in [4.69, 9.17) is 0 Å². The van der Waals surface area contributed by atoms with E-state index < -0.39 is 0 Å². The van der Waals surface area contributed by atoms with Gasteiger partial charge in [-0.2, -0.15) is 0 Å². The summed E-state index contributed by atoms with van der Waals surface area (Å²) in [6, 6.07) is 4.23. The summed E-state index contributed by atoms with van der Waals surface area (Å²) in [6.45, 7) is 10.6. The van der Waals surface area contributed by atoms with Crippen molar-refractivity contribution >= 4 is 17.5 Å². The first-order valence-corrected chi connectivity index (χ1v) is 10.3. The fraction of sp³-hybridized carbons (Fsp3) is 0.636. The third-order valence-corrected chi connectivity index (χ3v) is 6.85. The van der Waals surface area contributed by atoms with Gasteiger partial charge in [-0.05, 0) is 63.1 Å². The maximum Gasteiger partial charge on any atom is 0.228 e. The van der Waals surface area contributed by atoms with Gasteiger partial charge in [0.1, 0.15) is 0 Å². The molecule has 5 heteroatoms. The molecule has 1 unspecified atom stereocenters. The molecule has 3 heterocycles. The van der Waals surface area contributed by atoms with Gasteiger partial charge in [0.25, 0.3) is 0 Å². The molecule has 3 aliphatic heterocycles. The smallest absolute Gasteiger partial charge is 0.228 e. The molecule has 4 rings (SSSR count). The van der Waals surface area contributed by atoms with Crippen molar-refractivity contribution in [3.8, 4) is 0 Å². The predicted octanol–water partition coefficient (Wildman–Crippen LogP) is 2.57. The first-order chi connectivity index (χ1) is 12.9. The van der Waals surface area contributed by atoms with Crippen molar-refractivity contribution in [2.75, 3.05) is 37.6 Å². The Kier molecular flexibility index (Phi) is 4.75. The van der Waals surface area contributed by atoms with Crippen molar-refractivity contribution < 1.29 is 9.59 Å². The van der Waals surface area contributed by atoms with Gasteiger partial charge < -0.3 is 15.1 Å². The zero-order valence-electron chi connectivity index (χ0n) is 16.8. The number of rotatable bonds is 2. The fourth-order valence-corrected chi connectivity index (χ4v) is 5.37. The number of carbonyl (C=O) groups is 2. The van der Waals surface area contributed by atoms with E-state index in [1.807, 2.05) is 9.80 Å². The highest BCUT2D eigenvalue weighted by Gasteiger charge is 2.42. The van der Waals surface area contributed by atoms with Crippen LogP contribution >= 0.6 is 0 Å². The van der Waals surface area contributed by atoms with Gasteiger partial charge in [0.05, 0.1) is 5.92 Å². The Balaban J connectivity index is 1.44. The molecule has 146 valence electrons. The quantitative estimate of drug-likeness (QED) is 0.872. The maximum absolute atomic E-state index is 13.1. The predicted molar refractivity (Wildman–Crippen MR) is 107 cm³/mol. The van der Waals surface area contributed by atoms with E-state index in [1.54, 1.807) is 0 Å². The molecule has 3 aliphatic rings. The Hall–Kier alpha value is -1.88. The normalized spacial score (nSPS) is 24.9. The van der Waals surface area contributed by atoms with Crippen LogP contribution in [0.5, 0.6) is 0 Å². The number of nitrogens with zero attached hydrogens (tertiary/aromatic N) is 2. The number of hydrogen-bond acceptors (Lipinski definition) is 3. The first-order valence-electron chi connectivity index (χ1n) is 10.3. The summed E-state index contributed by atoms with van der Waals surface area (Å²) < 4.78 is 0. The molecule has 1 aromatic rings. The zero-order chi connectivity index (χ0) is 19.2. The lowest BCUT2D eigenvalue weighted by atomic mass is 9.77. The van der Waals surface area contributed by atoms with E-state index in [9.17, 15) is 9.59 Å². The van der Waals surface area contributed by atoms with Gasteiger partial charge in [-0.1, -0.05) is 17.7 Å². The van der Waals surface area contributed by atoms with Crippen molar-refractivity contribution in [3.05, 3.63) is 28.8 Å². The van der Waals surface area contributed by atoms with Crippen LogP contribution in [0.2, 0.25) is 0 Å². The molecular weight excluding hydrogens is 338 g/mol. The van der Waals surface area contributed by atoms with Crippen LogP contribution in [0, 0.1) is 32.1 Å². The lowest BCUT2D eigenvalue weighted by Gasteiger charge is -2.39. The molecule has 0 saturated carbocycles. The van der Waals surface area contributed by atoms with Crippen LogP contribution in [-0.2, 0) is 9.59 Å². The van der Waals surface area contributed by atoms with Crippen molar-refractivity contribution in [1.82, 2.24) is 10.2 Å². The van der Waals surface area contributed by atoms with Crippen LogP contribution < -0.4 is 10.2 Å². The van der Waals surface area contributed by atoms with Crippen LogP contribution in [0.1, 0.15) is 42.4 Å². The van der Waals surface area contributed by atoms with Gasteiger partial charge in [-0.3, -0.25) is 9.59 Å². The third-order valence-electron chi connectivity index (χ3n) is 6.85. The molecule has 0 radical (unpaired) electrons. The van der Waals surface area contributed by atoms with Crippen LogP contribution in [0.3, 0.4) is 0 Å². The second-order valence-corrected chi connectivity index (χ2v) is 8.90. The highest BCUT2D eigenvalue weighted by Crippen LogP contribution is 2.38. The summed E-state index contributed by atoms with van der Waals surface area (Å²) in [4.78, 5) is 29.7.